The molecule has 96 valence electrons. The van der Waals surface area contributed by atoms with Crippen molar-refractivity contribution in [2.45, 2.75) is 39.7 Å². The highest BCUT2D eigenvalue weighted by atomic mass is 16.5. The minimum atomic E-state index is 0.361. The third kappa shape index (κ3) is 5.28. The molecule has 0 aromatic heterocycles. The van der Waals surface area contributed by atoms with Crippen LogP contribution >= 0.6 is 0 Å². The Morgan fingerprint density at radius 1 is 1.25 bits per heavy atom. The second kappa shape index (κ2) is 7.25. The first-order valence-electron chi connectivity index (χ1n) is 6.65. The Bertz CT molecular complexity index is 175. The summed E-state index contributed by atoms with van der Waals surface area (Å²) in [5.41, 5.74) is 5.92. The highest BCUT2D eigenvalue weighted by molar-refractivity contribution is 4.77. The van der Waals surface area contributed by atoms with Crippen LogP contribution in [-0.4, -0.2) is 43.8 Å². The molecule has 1 fully saturated rings. The van der Waals surface area contributed by atoms with Gasteiger partial charge in [0.1, 0.15) is 0 Å². The molecule has 2 N–H and O–H groups in total. The van der Waals surface area contributed by atoms with Crippen LogP contribution in [0.4, 0.5) is 0 Å². The Morgan fingerprint density at radius 3 is 2.38 bits per heavy atom. The van der Waals surface area contributed by atoms with Crippen LogP contribution in [-0.2, 0) is 4.74 Å². The van der Waals surface area contributed by atoms with Gasteiger partial charge in [0.05, 0.1) is 6.61 Å². The fourth-order valence-corrected chi connectivity index (χ4v) is 2.22. The molecule has 3 nitrogen and oxygen atoms in total. The molecule has 1 atom stereocenters. The smallest absolute Gasteiger partial charge is 0.0593 e. The zero-order valence-electron chi connectivity index (χ0n) is 11.1. The van der Waals surface area contributed by atoms with Crippen molar-refractivity contribution >= 4 is 0 Å². The average Bonchev–Trinajstić information content (AvgIpc) is 2.25. The molecule has 16 heavy (non-hydrogen) atoms. The number of likely N-dealkylation sites (tertiary alicyclic amines) is 1. The Labute approximate surface area is 100 Å². The first kappa shape index (κ1) is 13.9. The Balaban J connectivity index is 2.04. The molecule has 0 spiro atoms. The van der Waals surface area contributed by atoms with Crippen molar-refractivity contribution in [1.29, 1.82) is 0 Å². The summed E-state index contributed by atoms with van der Waals surface area (Å²) in [6, 6.07) is 0.361. The zero-order chi connectivity index (χ0) is 12.0. The summed E-state index contributed by atoms with van der Waals surface area (Å²) in [6.07, 6.45) is 2.50. The summed E-state index contributed by atoms with van der Waals surface area (Å²) in [5.74, 6) is 1.37. The maximum absolute atomic E-state index is 5.92. The fraction of sp³-hybridized carbons (Fsp3) is 1.00. The van der Waals surface area contributed by atoms with E-state index in [1.165, 1.54) is 25.9 Å². The molecule has 1 unspecified atom stereocenters. The van der Waals surface area contributed by atoms with Crippen LogP contribution < -0.4 is 5.73 Å². The van der Waals surface area contributed by atoms with Gasteiger partial charge in [-0.3, -0.25) is 0 Å². The third-order valence-corrected chi connectivity index (χ3v) is 3.38. The summed E-state index contributed by atoms with van der Waals surface area (Å²) >= 11 is 0. The number of piperidine rings is 1. The first-order chi connectivity index (χ1) is 7.59. The van der Waals surface area contributed by atoms with Gasteiger partial charge >= 0.3 is 0 Å². The van der Waals surface area contributed by atoms with E-state index in [0.717, 1.165) is 25.7 Å². The van der Waals surface area contributed by atoms with E-state index in [-0.39, 0.29) is 0 Å². The molecular formula is C13H28N2O. The molecule has 0 aromatic carbocycles. The van der Waals surface area contributed by atoms with Crippen LogP contribution in [0.15, 0.2) is 0 Å². The maximum atomic E-state index is 5.92. The van der Waals surface area contributed by atoms with Crippen LogP contribution in [0.5, 0.6) is 0 Å². The van der Waals surface area contributed by atoms with Crippen molar-refractivity contribution < 1.29 is 4.74 Å². The third-order valence-electron chi connectivity index (χ3n) is 3.38. The van der Waals surface area contributed by atoms with Gasteiger partial charge in [0, 0.05) is 19.2 Å². The predicted octanol–water partition coefficient (Wildman–Crippen LogP) is 1.72. The molecule has 0 bridgehead atoms. The normalized spacial score (nSPS) is 21.6. The van der Waals surface area contributed by atoms with E-state index >= 15 is 0 Å². The van der Waals surface area contributed by atoms with Crippen molar-refractivity contribution in [3.8, 4) is 0 Å². The molecule has 0 aliphatic carbocycles. The van der Waals surface area contributed by atoms with E-state index < -0.39 is 0 Å². The number of ether oxygens (including phenoxy) is 1. The lowest BCUT2D eigenvalue weighted by atomic mass is 9.91. The van der Waals surface area contributed by atoms with Gasteiger partial charge in [0.15, 0.2) is 0 Å². The Kier molecular flexibility index (Phi) is 6.32. The minimum Gasteiger partial charge on any atom is -0.380 e. The summed E-state index contributed by atoms with van der Waals surface area (Å²) < 4.78 is 5.61. The topological polar surface area (TPSA) is 38.5 Å². The Hall–Kier alpha value is -0.120. The van der Waals surface area contributed by atoms with Crippen LogP contribution in [0.3, 0.4) is 0 Å². The predicted molar refractivity (Wildman–Crippen MR) is 68.5 cm³/mol. The van der Waals surface area contributed by atoms with E-state index in [1.54, 1.807) is 0 Å². The van der Waals surface area contributed by atoms with E-state index in [4.69, 9.17) is 10.5 Å². The van der Waals surface area contributed by atoms with Gasteiger partial charge in [0.2, 0.25) is 0 Å². The van der Waals surface area contributed by atoms with Crippen molar-refractivity contribution in [2.75, 3.05) is 32.8 Å². The van der Waals surface area contributed by atoms with Crippen LogP contribution in [0, 0.1) is 11.8 Å². The van der Waals surface area contributed by atoms with Crippen LogP contribution in [0.1, 0.15) is 33.6 Å². The van der Waals surface area contributed by atoms with Gasteiger partial charge in [0.25, 0.3) is 0 Å². The quantitative estimate of drug-likeness (QED) is 0.704. The number of hydrogen-bond donors (Lipinski definition) is 1. The lowest BCUT2D eigenvalue weighted by molar-refractivity contribution is 0.0723. The van der Waals surface area contributed by atoms with Crippen molar-refractivity contribution in [3.63, 3.8) is 0 Å². The van der Waals surface area contributed by atoms with E-state index in [0.29, 0.717) is 12.0 Å². The number of nitrogens with two attached hydrogens (primary N) is 1. The average molecular weight is 228 g/mol. The van der Waals surface area contributed by atoms with E-state index in [2.05, 4.69) is 25.7 Å². The fourth-order valence-electron chi connectivity index (χ4n) is 2.22. The summed E-state index contributed by atoms with van der Waals surface area (Å²) in [6.45, 7) is 11.7. The molecular weight excluding hydrogens is 200 g/mol. The summed E-state index contributed by atoms with van der Waals surface area (Å²) in [5, 5.41) is 0. The lowest BCUT2D eigenvalue weighted by Crippen LogP contribution is -2.40. The van der Waals surface area contributed by atoms with Gasteiger partial charge in [-0.2, -0.15) is 0 Å². The largest absolute Gasteiger partial charge is 0.380 e. The first-order valence-corrected chi connectivity index (χ1v) is 6.65. The second-order valence-electron chi connectivity index (χ2n) is 5.51. The number of hydrogen-bond acceptors (Lipinski definition) is 3. The van der Waals surface area contributed by atoms with E-state index in [9.17, 15) is 0 Å². The number of nitrogens with zero attached hydrogens (tertiary/aromatic N) is 1. The second-order valence-corrected chi connectivity index (χ2v) is 5.51. The molecule has 1 aliphatic rings. The maximum Gasteiger partial charge on any atom is 0.0593 e. The van der Waals surface area contributed by atoms with Gasteiger partial charge in [-0.1, -0.05) is 13.8 Å². The monoisotopic (exact) mass is 228 g/mol. The molecule has 0 amide bonds. The highest BCUT2D eigenvalue weighted by Crippen LogP contribution is 2.18. The highest BCUT2D eigenvalue weighted by Gasteiger charge is 2.21. The SMILES string of the molecule is CC(C)COCCN1CCC(C(C)N)CC1. The molecule has 0 radical (unpaired) electrons. The van der Waals surface area contributed by atoms with Gasteiger partial charge < -0.3 is 15.4 Å². The van der Waals surface area contributed by atoms with Crippen molar-refractivity contribution in [2.24, 2.45) is 17.6 Å². The molecule has 1 heterocycles. The molecule has 0 saturated carbocycles. The van der Waals surface area contributed by atoms with Gasteiger partial charge in [-0.05, 0) is 44.7 Å². The van der Waals surface area contributed by atoms with Crippen LogP contribution in [0.2, 0.25) is 0 Å². The molecule has 1 aliphatic heterocycles. The molecule has 3 heteroatoms. The van der Waals surface area contributed by atoms with Crippen molar-refractivity contribution in [3.05, 3.63) is 0 Å². The van der Waals surface area contributed by atoms with E-state index in [1.807, 2.05) is 0 Å². The summed E-state index contributed by atoms with van der Waals surface area (Å²) in [4.78, 5) is 2.50. The molecule has 1 saturated heterocycles. The zero-order valence-corrected chi connectivity index (χ0v) is 11.1. The number of rotatable bonds is 6. The Morgan fingerprint density at radius 2 is 1.88 bits per heavy atom. The summed E-state index contributed by atoms with van der Waals surface area (Å²) in [7, 11) is 0. The lowest BCUT2D eigenvalue weighted by Gasteiger charge is -2.33. The van der Waals surface area contributed by atoms with Crippen molar-refractivity contribution in [1.82, 2.24) is 4.90 Å². The minimum absolute atomic E-state index is 0.361. The van der Waals surface area contributed by atoms with Crippen LogP contribution in [0.25, 0.3) is 0 Å². The van der Waals surface area contributed by atoms with Gasteiger partial charge in [-0.15, -0.1) is 0 Å². The molecule has 1 rings (SSSR count). The standard InChI is InChI=1S/C13H28N2O/c1-11(2)10-16-9-8-15-6-4-13(5-7-15)12(3)14/h11-13H,4-10,14H2,1-3H3. The molecule has 0 aromatic rings. The van der Waals surface area contributed by atoms with Gasteiger partial charge in [-0.25, -0.2) is 0 Å².